The predicted molar refractivity (Wildman–Crippen MR) is 117 cm³/mol. The fourth-order valence-electron chi connectivity index (χ4n) is 2.98. The lowest BCUT2D eigenvalue weighted by Crippen LogP contribution is -2.34. The molecule has 1 aromatic carbocycles. The molecule has 2 aromatic rings. The summed E-state index contributed by atoms with van der Waals surface area (Å²) in [6, 6.07) is 5.23. The molecule has 0 radical (unpaired) electrons. The van der Waals surface area contributed by atoms with Gasteiger partial charge in [-0.2, -0.15) is 4.39 Å². The summed E-state index contributed by atoms with van der Waals surface area (Å²) in [5.74, 6) is -0.973. The molecule has 1 aliphatic rings. The van der Waals surface area contributed by atoms with E-state index < -0.39 is 43.2 Å². The summed E-state index contributed by atoms with van der Waals surface area (Å²) in [6.07, 6.45) is 0.100. The zero-order valence-corrected chi connectivity index (χ0v) is 18.6. The largest absolute Gasteiger partial charge is 0.459 e. The molecule has 1 aliphatic heterocycles. The smallest absolute Gasteiger partial charge is 0.413 e. The maximum absolute atomic E-state index is 13.7. The Bertz CT molecular complexity index is 1210. The Morgan fingerprint density at radius 3 is 2.85 bits per heavy atom. The van der Waals surface area contributed by atoms with Crippen molar-refractivity contribution < 1.29 is 22.7 Å². The van der Waals surface area contributed by atoms with E-state index in [1.165, 1.54) is 30.3 Å². The number of H-pyrrole nitrogens is 1. The average molecular weight is 501 g/mol. The Morgan fingerprint density at radius 2 is 2.18 bits per heavy atom. The quantitative estimate of drug-likeness (QED) is 0.166. The van der Waals surface area contributed by atoms with Crippen molar-refractivity contribution in [3.63, 3.8) is 0 Å². The minimum absolute atomic E-state index is 0.0219. The Balaban J connectivity index is 1.77. The average Bonchev–Trinajstić information content (AvgIpc) is 3.18. The first kappa shape index (κ1) is 24.7. The van der Waals surface area contributed by atoms with E-state index in [0.717, 1.165) is 4.57 Å². The van der Waals surface area contributed by atoms with E-state index in [1.54, 1.807) is 0 Å². The van der Waals surface area contributed by atoms with Crippen molar-refractivity contribution in [3.05, 3.63) is 85.2 Å². The number of rotatable bonds is 10. The van der Waals surface area contributed by atoms with Gasteiger partial charge in [-0.05, 0) is 29.8 Å². The van der Waals surface area contributed by atoms with Crippen LogP contribution >= 0.6 is 19.3 Å². The summed E-state index contributed by atoms with van der Waals surface area (Å²) >= 11 is 5.84. The second-order valence-corrected chi connectivity index (χ2v) is 8.96. The van der Waals surface area contributed by atoms with E-state index in [9.17, 15) is 18.5 Å². The first-order valence-corrected chi connectivity index (χ1v) is 11.4. The van der Waals surface area contributed by atoms with E-state index in [1.807, 2.05) is 4.98 Å². The topological polar surface area (TPSA) is 160 Å². The molecule has 4 atom stereocenters. The maximum atomic E-state index is 13.7. The van der Waals surface area contributed by atoms with Crippen LogP contribution in [-0.4, -0.2) is 34.8 Å². The molecule has 1 fully saturated rings. The molecule has 2 N–H and O–H groups in total. The third kappa shape index (κ3) is 6.32. The standard InChI is InChI=1S/C18H19ClFN6O6P/c1-2-7-22-33(29,32-12-5-3-11(19)4-6-12)30-10-15-14(24-25-21)8-16(31-15)26-9-13(20)17(27)23-18(26)28/h2-6,9,14-16H,1,7-8,10H2,(H,22,29)(H,23,27,28)/t14?,15-,16-,33?/m1/s1. The zero-order chi connectivity index (χ0) is 24.0. The molecule has 3 rings (SSSR count). The van der Waals surface area contributed by atoms with E-state index in [-0.39, 0.29) is 25.3 Å². The number of benzene rings is 1. The lowest BCUT2D eigenvalue weighted by atomic mass is 10.1. The van der Waals surface area contributed by atoms with Gasteiger partial charge in [-0.3, -0.25) is 18.9 Å². The van der Waals surface area contributed by atoms with Gasteiger partial charge in [0.2, 0.25) is 5.82 Å². The number of halogens is 2. The molecule has 0 spiro atoms. The van der Waals surface area contributed by atoms with Crippen LogP contribution in [0.5, 0.6) is 5.75 Å². The predicted octanol–water partition coefficient (Wildman–Crippen LogP) is 3.27. The SMILES string of the molecule is C=CCNP(=O)(OC[C@H]1O[C@@H](n2cc(F)c(=O)[nH]c2=O)CC1N=[N+]=[N-])Oc1ccc(Cl)cc1. The fourth-order valence-corrected chi connectivity index (χ4v) is 4.41. The highest BCUT2D eigenvalue weighted by atomic mass is 35.5. The minimum Gasteiger partial charge on any atom is -0.413 e. The minimum atomic E-state index is -3.94. The van der Waals surface area contributed by atoms with Crippen molar-refractivity contribution in [1.29, 1.82) is 0 Å². The number of azide groups is 1. The Hall–Kier alpha value is -2.92. The number of aromatic nitrogens is 2. The number of hydrogen-bond acceptors (Lipinski definition) is 7. The molecule has 0 saturated carbocycles. The van der Waals surface area contributed by atoms with Crippen LogP contribution in [0.2, 0.25) is 5.02 Å². The molecule has 176 valence electrons. The first-order valence-electron chi connectivity index (χ1n) is 9.51. The van der Waals surface area contributed by atoms with Gasteiger partial charge in [0.1, 0.15) is 12.0 Å². The number of nitrogens with zero attached hydrogens (tertiary/aromatic N) is 4. The van der Waals surface area contributed by atoms with E-state index >= 15 is 0 Å². The van der Waals surface area contributed by atoms with Crippen molar-refractivity contribution in [3.8, 4) is 5.75 Å². The molecule has 0 amide bonds. The van der Waals surface area contributed by atoms with Gasteiger partial charge >= 0.3 is 13.4 Å². The first-order chi connectivity index (χ1) is 15.7. The van der Waals surface area contributed by atoms with Crippen molar-refractivity contribution in [2.75, 3.05) is 13.2 Å². The Labute approximate surface area is 191 Å². The zero-order valence-electron chi connectivity index (χ0n) is 17.0. The van der Waals surface area contributed by atoms with Crippen LogP contribution in [0.4, 0.5) is 4.39 Å². The third-order valence-electron chi connectivity index (χ3n) is 4.52. The number of aromatic amines is 1. The number of hydrogen-bond donors (Lipinski definition) is 2. The summed E-state index contributed by atoms with van der Waals surface area (Å²) in [4.78, 5) is 27.9. The van der Waals surface area contributed by atoms with Gasteiger partial charge in [-0.15, -0.1) is 6.58 Å². The van der Waals surface area contributed by atoms with Crippen LogP contribution < -0.4 is 20.9 Å². The summed E-state index contributed by atoms with van der Waals surface area (Å²) in [5, 5.41) is 6.67. The van der Waals surface area contributed by atoms with Crippen molar-refractivity contribution in [1.82, 2.24) is 14.6 Å². The van der Waals surface area contributed by atoms with E-state index in [0.29, 0.717) is 11.2 Å². The van der Waals surface area contributed by atoms with E-state index in [2.05, 4.69) is 21.7 Å². The number of ether oxygens (including phenoxy) is 1. The molecule has 33 heavy (non-hydrogen) atoms. The molecule has 1 saturated heterocycles. The highest BCUT2D eigenvalue weighted by Crippen LogP contribution is 2.45. The third-order valence-corrected chi connectivity index (χ3v) is 6.28. The van der Waals surface area contributed by atoms with Crippen LogP contribution in [0.3, 0.4) is 0 Å². The van der Waals surface area contributed by atoms with Crippen molar-refractivity contribution in [2.24, 2.45) is 5.11 Å². The van der Waals surface area contributed by atoms with E-state index in [4.69, 9.17) is 30.9 Å². The molecule has 12 nitrogen and oxygen atoms in total. The van der Waals surface area contributed by atoms with Crippen molar-refractivity contribution in [2.45, 2.75) is 24.8 Å². The highest BCUT2D eigenvalue weighted by molar-refractivity contribution is 7.52. The highest BCUT2D eigenvalue weighted by Gasteiger charge is 2.39. The molecule has 2 heterocycles. The van der Waals surface area contributed by atoms with Gasteiger partial charge in [0.05, 0.1) is 24.9 Å². The lowest BCUT2D eigenvalue weighted by molar-refractivity contribution is -0.0244. The van der Waals surface area contributed by atoms with Gasteiger partial charge in [0.15, 0.2) is 0 Å². The molecular weight excluding hydrogens is 482 g/mol. The van der Waals surface area contributed by atoms with Gasteiger partial charge in [0, 0.05) is 22.9 Å². The summed E-state index contributed by atoms with van der Waals surface area (Å²) < 4.78 is 44.4. The Morgan fingerprint density at radius 1 is 1.45 bits per heavy atom. The van der Waals surface area contributed by atoms with Crippen LogP contribution in [0.25, 0.3) is 10.4 Å². The second kappa shape index (κ2) is 10.8. The summed E-state index contributed by atoms with van der Waals surface area (Å²) in [6.45, 7) is 3.26. The fraction of sp³-hybridized carbons (Fsp3) is 0.333. The van der Waals surface area contributed by atoms with Crippen LogP contribution in [-0.2, 0) is 13.8 Å². The van der Waals surface area contributed by atoms with Gasteiger partial charge in [-0.25, -0.2) is 14.4 Å². The maximum Gasteiger partial charge on any atom is 0.459 e. The lowest BCUT2D eigenvalue weighted by Gasteiger charge is -2.22. The molecule has 0 bridgehead atoms. The molecule has 0 aliphatic carbocycles. The molecular formula is C18H19ClFN6O6P. The Kier molecular flexibility index (Phi) is 8.09. The normalized spacial score (nSPS) is 21.7. The van der Waals surface area contributed by atoms with Crippen LogP contribution in [0, 0.1) is 5.82 Å². The molecule has 1 aromatic heterocycles. The summed E-state index contributed by atoms with van der Waals surface area (Å²) in [7, 11) is -3.94. The van der Waals surface area contributed by atoms with Crippen molar-refractivity contribution >= 4 is 19.3 Å². The van der Waals surface area contributed by atoms with Gasteiger partial charge < -0.3 is 9.26 Å². The second-order valence-electron chi connectivity index (χ2n) is 6.77. The van der Waals surface area contributed by atoms with Crippen LogP contribution in [0.1, 0.15) is 12.6 Å². The molecule has 15 heteroatoms. The summed E-state index contributed by atoms with van der Waals surface area (Å²) in [5.41, 5.74) is 6.79. The van der Waals surface area contributed by atoms with Crippen LogP contribution in [0.15, 0.2) is 57.8 Å². The van der Waals surface area contributed by atoms with Gasteiger partial charge in [-0.1, -0.05) is 22.8 Å². The monoisotopic (exact) mass is 500 g/mol. The molecule has 2 unspecified atom stereocenters. The van der Waals surface area contributed by atoms with Gasteiger partial charge in [0.25, 0.3) is 5.56 Å². The number of nitrogens with one attached hydrogen (secondary N) is 2.